The number of hydrogen-bond acceptors (Lipinski definition) is 6. The number of fused-ring (bicyclic) bond motifs is 1. The first kappa shape index (κ1) is 25.2. The number of benzene rings is 2. The van der Waals surface area contributed by atoms with Crippen molar-refractivity contribution in [2.45, 2.75) is 43.6 Å². The smallest absolute Gasteiger partial charge is 0.258 e. The lowest BCUT2D eigenvalue weighted by Crippen LogP contribution is -2.51. The van der Waals surface area contributed by atoms with E-state index in [0.29, 0.717) is 31.9 Å². The van der Waals surface area contributed by atoms with E-state index in [-0.39, 0.29) is 23.8 Å². The summed E-state index contributed by atoms with van der Waals surface area (Å²) in [5.74, 6) is 2.47. The van der Waals surface area contributed by atoms with Crippen LogP contribution in [-0.2, 0) is 15.0 Å². The highest BCUT2D eigenvalue weighted by molar-refractivity contribution is 7.98. The van der Waals surface area contributed by atoms with E-state index in [1.54, 1.807) is 23.9 Å². The fourth-order valence-corrected chi connectivity index (χ4v) is 5.25. The van der Waals surface area contributed by atoms with Gasteiger partial charge in [0.2, 0.25) is 5.91 Å². The van der Waals surface area contributed by atoms with Crippen LogP contribution in [0.1, 0.15) is 37.7 Å². The number of para-hydroxylation sites is 1. The molecule has 1 aliphatic heterocycles. The number of carbonyl (C=O) groups excluding carboxylic acids is 2. The van der Waals surface area contributed by atoms with Gasteiger partial charge in [0.05, 0.1) is 0 Å². The van der Waals surface area contributed by atoms with Gasteiger partial charge >= 0.3 is 0 Å². The first-order chi connectivity index (χ1) is 17.1. The summed E-state index contributed by atoms with van der Waals surface area (Å²) in [6.07, 6.45) is 6.78. The molecule has 8 heteroatoms. The Morgan fingerprint density at radius 1 is 1.06 bits per heavy atom. The second-order valence-electron chi connectivity index (χ2n) is 9.07. The maximum Gasteiger partial charge on any atom is 0.258 e. The maximum absolute atomic E-state index is 13.2. The van der Waals surface area contributed by atoms with E-state index in [4.69, 9.17) is 14.2 Å². The molecular formula is C27H34N2O5S. The van der Waals surface area contributed by atoms with E-state index in [9.17, 15) is 9.59 Å². The molecule has 7 nitrogen and oxygen atoms in total. The Bertz CT molecular complexity index is 994. The highest BCUT2D eigenvalue weighted by atomic mass is 32.2. The molecule has 0 spiro atoms. The summed E-state index contributed by atoms with van der Waals surface area (Å²) in [6.45, 7) is 1.50. The minimum Gasteiger partial charge on any atom is -0.486 e. The Hall–Kier alpha value is -2.87. The molecule has 1 heterocycles. The number of ether oxygens (including phenoxy) is 3. The Morgan fingerprint density at radius 2 is 1.80 bits per heavy atom. The van der Waals surface area contributed by atoms with Gasteiger partial charge in [0.15, 0.2) is 18.1 Å². The second-order valence-corrected chi connectivity index (χ2v) is 10.1. The number of hydrogen-bond donors (Lipinski definition) is 2. The fraction of sp³-hybridized carbons (Fsp3) is 0.481. The Labute approximate surface area is 211 Å². The number of rotatable bonds is 11. The van der Waals surface area contributed by atoms with Gasteiger partial charge in [-0.2, -0.15) is 11.8 Å². The molecule has 0 saturated heterocycles. The molecule has 1 atom stereocenters. The van der Waals surface area contributed by atoms with E-state index in [2.05, 4.69) is 22.8 Å². The molecule has 2 aliphatic rings. The van der Waals surface area contributed by atoms with Crippen LogP contribution in [0.5, 0.6) is 17.2 Å². The van der Waals surface area contributed by atoms with Crippen LogP contribution >= 0.6 is 11.8 Å². The number of amides is 2. The monoisotopic (exact) mass is 498 g/mol. The summed E-state index contributed by atoms with van der Waals surface area (Å²) >= 11 is 1.65. The van der Waals surface area contributed by atoms with Gasteiger partial charge < -0.3 is 24.8 Å². The van der Waals surface area contributed by atoms with Crippen molar-refractivity contribution >= 4 is 23.6 Å². The van der Waals surface area contributed by atoms with Gasteiger partial charge in [-0.05, 0) is 61.1 Å². The SMILES string of the molecule is CSCCC(NC(=O)COc1ccccc1)C(=O)NCC1(c2ccc3c(c2)OCCO3)CCCC1. The third-order valence-corrected chi connectivity index (χ3v) is 7.34. The van der Waals surface area contributed by atoms with E-state index < -0.39 is 6.04 Å². The first-order valence-electron chi connectivity index (χ1n) is 12.2. The molecule has 2 amide bonds. The molecule has 2 N–H and O–H groups in total. The number of carbonyl (C=O) groups is 2. The number of nitrogens with one attached hydrogen (secondary N) is 2. The van der Waals surface area contributed by atoms with Crippen molar-refractivity contribution < 1.29 is 23.8 Å². The Balaban J connectivity index is 1.38. The van der Waals surface area contributed by atoms with Crippen molar-refractivity contribution in [1.29, 1.82) is 0 Å². The van der Waals surface area contributed by atoms with Crippen molar-refractivity contribution in [2.24, 2.45) is 0 Å². The minimum absolute atomic E-state index is 0.131. The molecule has 4 rings (SSSR count). The molecule has 2 aromatic carbocycles. The lowest BCUT2D eigenvalue weighted by atomic mass is 9.78. The lowest BCUT2D eigenvalue weighted by Gasteiger charge is -2.32. The van der Waals surface area contributed by atoms with Crippen molar-refractivity contribution in [2.75, 3.05) is 38.4 Å². The van der Waals surface area contributed by atoms with Gasteiger partial charge in [0.25, 0.3) is 5.91 Å². The predicted molar refractivity (Wildman–Crippen MR) is 137 cm³/mol. The van der Waals surface area contributed by atoms with Crippen molar-refractivity contribution in [3.63, 3.8) is 0 Å². The van der Waals surface area contributed by atoms with Crippen LogP contribution in [0.4, 0.5) is 0 Å². The zero-order chi connectivity index (χ0) is 24.5. The zero-order valence-corrected chi connectivity index (χ0v) is 21.0. The summed E-state index contributed by atoms with van der Waals surface area (Å²) < 4.78 is 17.0. The quantitative estimate of drug-likeness (QED) is 0.491. The predicted octanol–water partition coefficient (Wildman–Crippen LogP) is 3.70. The zero-order valence-electron chi connectivity index (χ0n) is 20.2. The minimum atomic E-state index is -0.604. The van der Waals surface area contributed by atoms with Crippen LogP contribution in [0.15, 0.2) is 48.5 Å². The lowest BCUT2D eigenvalue weighted by molar-refractivity contribution is -0.130. The molecule has 0 radical (unpaired) electrons. The van der Waals surface area contributed by atoms with Crippen LogP contribution in [0.25, 0.3) is 0 Å². The van der Waals surface area contributed by atoms with Crippen LogP contribution in [0, 0.1) is 0 Å². The van der Waals surface area contributed by atoms with Crippen molar-refractivity contribution in [3.8, 4) is 17.2 Å². The Kier molecular flexibility index (Phi) is 8.79. The van der Waals surface area contributed by atoms with Gasteiger partial charge in [-0.25, -0.2) is 0 Å². The molecule has 35 heavy (non-hydrogen) atoms. The molecule has 1 saturated carbocycles. The molecule has 2 aromatic rings. The van der Waals surface area contributed by atoms with Gasteiger partial charge in [-0.3, -0.25) is 9.59 Å². The molecular weight excluding hydrogens is 464 g/mol. The van der Waals surface area contributed by atoms with Gasteiger partial charge in [-0.15, -0.1) is 0 Å². The highest BCUT2D eigenvalue weighted by Crippen LogP contribution is 2.43. The fourth-order valence-electron chi connectivity index (χ4n) is 4.78. The summed E-state index contributed by atoms with van der Waals surface area (Å²) in [6, 6.07) is 14.7. The van der Waals surface area contributed by atoms with Crippen LogP contribution < -0.4 is 24.8 Å². The van der Waals surface area contributed by atoms with Gasteiger partial charge in [-0.1, -0.05) is 37.1 Å². The van der Waals surface area contributed by atoms with Gasteiger partial charge in [0, 0.05) is 12.0 Å². The van der Waals surface area contributed by atoms with Crippen molar-refractivity contribution in [1.82, 2.24) is 10.6 Å². The molecule has 1 fully saturated rings. The standard InChI is InChI=1S/C27H34N2O5S/c1-35-16-11-22(29-25(30)18-34-21-7-3-2-4-8-21)26(31)28-19-27(12-5-6-13-27)20-9-10-23-24(17-20)33-15-14-32-23/h2-4,7-10,17,22H,5-6,11-16,18-19H2,1H3,(H,28,31)(H,29,30). The molecule has 0 aromatic heterocycles. The molecule has 0 bridgehead atoms. The van der Waals surface area contributed by atoms with Crippen LogP contribution in [0.2, 0.25) is 0 Å². The van der Waals surface area contributed by atoms with Crippen LogP contribution in [0.3, 0.4) is 0 Å². The highest BCUT2D eigenvalue weighted by Gasteiger charge is 2.37. The average Bonchev–Trinajstić information content (AvgIpc) is 3.39. The van der Waals surface area contributed by atoms with Gasteiger partial charge in [0.1, 0.15) is 25.0 Å². The topological polar surface area (TPSA) is 85.9 Å². The van der Waals surface area contributed by atoms with E-state index >= 15 is 0 Å². The van der Waals surface area contributed by atoms with E-state index in [1.165, 1.54) is 5.56 Å². The molecule has 188 valence electrons. The van der Waals surface area contributed by atoms with E-state index in [1.807, 2.05) is 30.5 Å². The number of thioether (sulfide) groups is 1. The molecule has 1 unspecified atom stereocenters. The largest absolute Gasteiger partial charge is 0.486 e. The normalized spacial score (nSPS) is 16.8. The third-order valence-electron chi connectivity index (χ3n) is 6.69. The average molecular weight is 499 g/mol. The Morgan fingerprint density at radius 3 is 2.54 bits per heavy atom. The summed E-state index contributed by atoms with van der Waals surface area (Å²) in [7, 11) is 0. The first-order valence-corrected chi connectivity index (χ1v) is 13.6. The van der Waals surface area contributed by atoms with E-state index in [0.717, 1.165) is 42.9 Å². The summed E-state index contributed by atoms with van der Waals surface area (Å²) in [5, 5.41) is 6.02. The van der Waals surface area contributed by atoms with Crippen LogP contribution in [-0.4, -0.2) is 56.2 Å². The summed E-state index contributed by atoms with van der Waals surface area (Å²) in [5.41, 5.74) is 1.02. The maximum atomic E-state index is 13.2. The summed E-state index contributed by atoms with van der Waals surface area (Å²) in [4.78, 5) is 25.7. The van der Waals surface area contributed by atoms with Crippen molar-refractivity contribution in [3.05, 3.63) is 54.1 Å². The molecule has 1 aliphatic carbocycles. The second kappa shape index (κ2) is 12.2. The third kappa shape index (κ3) is 6.63.